The van der Waals surface area contributed by atoms with Crippen molar-refractivity contribution in [1.29, 1.82) is 0 Å². The summed E-state index contributed by atoms with van der Waals surface area (Å²) < 4.78 is 0. The van der Waals surface area contributed by atoms with Gasteiger partial charge in [0.25, 0.3) is 0 Å². The van der Waals surface area contributed by atoms with E-state index in [0.717, 1.165) is 18.7 Å². The normalized spacial score (nSPS) is 21.8. The molecule has 0 unspecified atom stereocenters. The number of carbonyl (C=O) groups is 1. The fourth-order valence-corrected chi connectivity index (χ4v) is 3.77. The topological polar surface area (TPSA) is 20.3 Å². The van der Waals surface area contributed by atoms with Gasteiger partial charge in [0, 0.05) is 18.8 Å². The summed E-state index contributed by atoms with van der Waals surface area (Å²) in [7, 11) is 0. The van der Waals surface area contributed by atoms with E-state index >= 15 is 0 Å². The Morgan fingerprint density at radius 3 is 2.00 bits per heavy atom. The minimum atomic E-state index is 0.103. The van der Waals surface area contributed by atoms with Crippen molar-refractivity contribution in [3.63, 3.8) is 0 Å². The van der Waals surface area contributed by atoms with Gasteiger partial charge in [-0.15, -0.1) is 0 Å². The molecule has 2 nitrogen and oxygen atoms in total. The molecule has 0 atom stereocenters. The highest BCUT2D eigenvalue weighted by Gasteiger charge is 2.39. The van der Waals surface area contributed by atoms with Crippen molar-refractivity contribution in [3.05, 3.63) is 34.9 Å². The molecule has 1 aromatic rings. The number of allylic oxidation sites excluding steroid dienone is 1. The third-order valence-electron chi connectivity index (χ3n) is 5.43. The lowest BCUT2D eigenvalue weighted by Gasteiger charge is -2.48. The number of carbonyl (C=O) groups excluding carboxylic acids is 1. The van der Waals surface area contributed by atoms with Crippen LogP contribution in [0.5, 0.6) is 0 Å². The Morgan fingerprint density at radius 2 is 1.55 bits per heavy atom. The maximum atomic E-state index is 11.3. The number of nitrogens with zero attached hydrogens (tertiary/aromatic N) is 1. The van der Waals surface area contributed by atoms with E-state index in [1.54, 1.807) is 13.0 Å². The molecule has 2 heteroatoms. The molecule has 0 spiro atoms. The summed E-state index contributed by atoms with van der Waals surface area (Å²) >= 11 is 0. The Kier molecular flexibility index (Phi) is 3.47. The lowest BCUT2D eigenvalue weighted by molar-refractivity contribution is -0.112. The highest BCUT2D eigenvalue weighted by atomic mass is 16.1. The zero-order valence-electron chi connectivity index (χ0n) is 14.5. The van der Waals surface area contributed by atoms with Crippen LogP contribution < -0.4 is 4.90 Å². The maximum Gasteiger partial charge on any atom is 0.152 e. The molecule has 1 aromatic carbocycles. The van der Waals surface area contributed by atoms with Crippen molar-refractivity contribution in [2.45, 2.75) is 58.3 Å². The smallest absolute Gasteiger partial charge is 0.152 e. The average molecular weight is 297 g/mol. The fourth-order valence-electron chi connectivity index (χ4n) is 3.77. The number of anilines is 1. The summed E-state index contributed by atoms with van der Waals surface area (Å²) in [5, 5.41) is 0. The third kappa shape index (κ3) is 2.49. The maximum absolute atomic E-state index is 11.3. The van der Waals surface area contributed by atoms with Crippen LogP contribution in [0.4, 0.5) is 5.69 Å². The van der Waals surface area contributed by atoms with Crippen LogP contribution in [0.1, 0.15) is 64.2 Å². The van der Waals surface area contributed by atoms with E-state index in [-0.39, 0.29) is 16.6 Å². The quantitative estimate of drug-likeness (QED) is 0.751. The first-order valence-corrected chi connectivity index (χ1v) is 8.33. The van der Waals surface area contributed by atoms with Gasteiger partial charge in [0.05, 0.1) is 0 Å². The molecule has 0 radical (unpaired) electrons. The van der Waals surface area contributed by atoms with Crippen LogP contribution in [0, 0.1) is 0 Å². The number of rotatable bonds is 2. The lowest BCUT2D eigenvalue weighted by Crippen LogP contribution is -2.44. The monoisotopic (exact) mass is 297 g/mol. The molecular formula is C20H27NO. The van der Waals surface area contributed by atoms with Gasteiger partial charge in [-0.3, -0.25) is 4.79 Å². The van der Waals surface area contributed by atoms with Gasteiger partial charge in [-0.2, -0.15) is 0 Å². The molecule has 2 aliphatic heterocycles. The molecule has 3 rings (SSSR count). The second-order valence-corrected chi connectivity index (χ2v) is 8.16. The van der Waals surface area contributed by atoms with Crippen LogP contribution in [0.3, 0.4) is 0 Å². The molecule has 0 amide bonds. The molecular weight excluding hydrogens is 270 g/mol. The van der Waals surface area contributed by atoms with Gasteiger partial charge in [0.1, 0.15) is 0 Å². The Balaban J connectivity index is 2.23. The number of hydrogen-bond acceptors (Lipinski definition) is 2. The van der Waals surface area contributed by atoms with Gasteiger partial charge in [0.15, 0.2) is 5.78 Å². The van der Waals surface area contributed by atoms with Gasteiger partial charge in [-0.25, -0.2) is 0 Å². The predicted molar refractivity (Wildman–Crippen MR) is 93.7 cm³/mol. The van der Waals surface area contributed by atoms with E-state index in [1.165, 1.54) is 29.7 Å². The van der Waals surface area contributed by atoms with Crippen LogP contribution in [0.25, 0.3) is 6.08 Å². The van der Waals surface area contributed by atoms with Gasteiger partial charge >= 0.3 is 0 Å². The van der Waals surface area contributed by atoms with Crippen LogP contribution in [0.15, 0.2) is 18.2 Å². The lowest BCUT2D eigenvalue weighted by atomic mass is 9.69. The minimum absolute atomic E-state index is 0.103. The Morgan fingerprint density at radius 1 is 1.05 bits per heavy atom. The van der Waals surface area contributed by atoms with Gasteiger partial charge < -0.3 is 4.90 Å². The van der Waals surface area contributed by atoms with Crippen LogP contribution >= 0.6 is 0 Å². The zero-order valence-corrected chi connectivity index (χ0v) is 14.5. The summed E-state index contributed by atoms with van der Waals surface area (Å²) in [5.74, 6) is 0.103. The fraction of sp³-hybridized carbons (Fsp3) is 0.550. The summed E-state index contributed by atoms with van der Waals surface area (Å²) in [6, 6.07) is 4.59. The molecule has 0 bridgehead atoms. The second-order valence-electron chi connectivity index (χ2n) is 8.16. The zero-order chi connectivity index (χ0) is 16.1. The summed E-state index contributed by atoms with van der Waals surface area (Å²) in [5.41, 5.74) is 5.93. The molecule has 2 aliphatic rings. The SMILES string of the molecule is CC(=O)/C=C/c1cc2c3c(c1)C(C)(C)CCN3CCC2(C)C. The summed E-state index contributed by atoms with van der Waals surface area (Å²) in [4.78, 5) is 13.9. The Bertz CT molecular complexity index is 611. The number of hydrogen-bond donors (Lipinski definition) is 0. The van der Waals surface area contributed by atoms with E-state index in [0.29, 0.717) is 0 Å². The highest BCUT2D eigenvalue weighted by Crippen LogP contribution is 2.49. The van der Waals surface area contributed by atoms with E-state index in [9.17, 15) is 4.79 Å². The largest absolute Gasteiger partial charge is 0.371 e. The Labute approximate surface area is 134 Å². The van der Waals surface area contributed by atoms with Crippen LogP contribution in [0.2, 0.25) is 0 Å². The molecule has 0 aliphatic carbocycles. The Hall–Kier alpha value is -1.57. The van der Waals surface area contributed by atoms with E-state index in [4.69, 9.17) is 0 Å². The van der Waals surface area contributed by atoms with Crippen LogP contribution in [-0.4, -0.2) is 18.9 Å². The highest BCUT2D eigenvalue weighted by molar-refractivity contribution is 5.91. The standard InChI is InChI=1S/C20H27NO/c1-14(22)6-7-15-12-16-18-17(13-15)20(4,5)9-11-21(18)10-8-19(16,2)3/h6-7,12-13H,8-11H2,1-5H3/b7-6+. The molecule has 0 aromatic heterocycles. The minimum Gasteiger partial charge on any atom is -0.371 e. The molecule has 22 heavy (non-hydrogen) atoms. The summed E-state index contributed by atoms with van der Waals surface area (Å²) in [6.07, 6.45) is 6.04. The average Bonchev–Trinajstić information content (AvgIpc) is 2.43. The molecule has 0 N–H and O–H groups in total. The van der Waals surface area contributed by atoms with Crippen molar-refractivity contribution in [1.82, 2.24) is 0 Å². The van der Waals surface area contributed by atoms with E-state index in [2.05, 4.69) is 44.7 Å². The van der Waals surface area contributed by atoms with E-state index < -0.39 is 0 Å². The third-order valence-corrected chi connectivity index (χ3v) is 5.43. The molecule has 0 fully saturated rings. The van der Waals surface area contributed by atoms with Gasteiger partial charge in [0.2, 0.25) is 0 Å². The van der Waals surface area contributed by atoms with E-state index in [1.807, 2.05) is 6.08 Å². The van der Waals surface area contributed by atoms with Crippen molar-refractivity contribution in [2.24, 2.45) is 0 Å². The first-order chi connectivity index (χ1) is 10.2. The van der Waals surface area contributed by atoms with Crippen LogP contribution in [-0.2, 0) is 15.6 Å². The molecule has 0 saturated carbocycles. The first kappa shape index (κ1) is 15.3. The van der Waals surface area contributed by atoms with Crippen molar-refractivity contribution >= 4 is 17.5 Å². The number of ketones is 1. The van der Waals surface area contributed by atoms with Crippen molar-refractivity contribution < 1.29 is 4.79 Å². The second kappa shape index (κ2) is 4.97. The molecule has 0 saturated heterocycles. The summed E-state index contributed by atoms with van der Waals surface area (Å²) in [6.45, 7) is 13.3. The first-order valence-electron chi connectivity index (χ1n) is 8.33. The van der Waals surface area contributed by atoms with Crippen molar-refractivity contribution in [3.8, 4) is 0 Å². The molecule has 118 valence electrons. The van der Waals surface area contributed by atoms with Gasteiger partial charge in [-0.05, 0) is 65.5 Å². The van der Waals surface area contributed by atoms with Gasteiger partial charge in [-0.1, -0.05) is 33.8 Å². The van der Waals surface area contributed by atoms with Crippen molar-refractivity contribution in [2.75, 3.05) is 18.0 Å². The predicted octanol–water partition coefficient (Wildman–Crippen LogP) is 4.46. The number of benzene rings is 1. The molecule has 2 heterocycles.